The van der Waals surface area contributed by atoms with Gasteiger partial charge >= 0.3 is 0 Å². The summed E-state index contributed by atoms with van der Waals surface area (Å²) < 4.78 is 90.7. The smallest absolute Gasteiger partial charge is 0.214 e. The van der Waals surface area contributed by atoms with Gasteiger partial charge in [-0.2, -0.15) is 0 Å². The molecule has 0 radical (unpaired) electrons. The van der Waals surface area contributed by atoms with E-state index >= 15 is 0 Å². The van der Waals surface area contributed by atoms with Gasteiger partial charge in [-0.25, -0.2) is 15.0 Å². The van der Waals surface area contributed by atoms with Gasteiger partial charge in [-0.1, -0.05) is 18.2 Å². The van der Waals surface area contributed by atoms with E-state index in [9.17, 15) is 13.9 Å². The van der Waals surface area contributed by atoms with Crippen molar-refractivity contribution in [1.82, 2.24) is 24.1 Å². The van der Waals surface area contributed by atoms with Crippen molar-refractivity contribution in [3.63, 3.8) is 0 Å². The summed E-state index contributed by atoms with van der Waals surface area (Å²) in [5.41, 5.74) is 23.5. The SMILES string of the molecule is Cc1ccc(-n2c(C)ccc2C)cc1-c1cc(OCCOC2CCCCO2)nc(C2(CF)CCOCC2)c1.Cc1ccc(-n2c(C)ccc2C)cc1-c1cc(OCCOC2CCCCO2)nc(C2(CO)CCOCC2)c1.Cc1ccc(N)cc1-c1cc(OCCO)nc(C2(CF)CCOCC2)c1. The molecule has 0 bridgehead atoms. The second-order valence-corrected chi connectivity index (χ2v) is 27.9. The van der Waals surface area contributed by atoms with E-state index < -0.39 is 29.6 Å². The van der Waals surface area contributed by atoms with Crippen LogP contribution >= 0.6 is 0 Å². The highest BCUT2D eigenvalue weighted by atomic mass is 19.1. The Labute approximate surface area is 600 Å². The number of anilines is 1. The average molecular weight is 1400 g/mol. The molecule has 0 amide bonds. The molecule has 548 valence electrons. The largest absolute Gasteiger partial charge is 0.475 e. The number of aryl methyl sites for hydroxylation is 7. The number of alkyl halides is 2. The van der Waals surface area contributed by atoms with Gasteiger partial charge in [0.1, 0.15) is 33.2 Å². The van der Waals surface area contributed by atoms with Gasteiger partial charge in [-0.15, -0.1) is 0 Å². The average Bonchev–Trinajstić information content (AvgIpc) is 0.934. The minimum atomic E-state index is -0.669. The highest BCUT2D eigenvalue weighted by Crippen LogP contribution is 2.43. The number of hydrogen-bond donors (Lipinski definition) is 3. The summed E-state index contributed by atoms with van der Waals surface area (Å²) in [6.45, 7) is 20.2. The molecule has 2 atom stereocenters. The molecule has 4 N–H and O–H groups in total. The zero-order valence-corrected chi connectivity index (χ0v) is 60.7. The first-order valence-electron chi connectivity index (χ1n) is 36.4. The maximum Gasteiger partial charge on any atom is 0.214 e. The van der Waals surface area contributed by atoms with Crippen LogP contribution in [0.25, 0.3) is 44.8 Å². The third-order valence-corrected chi connectivity index (χ3v) is 20.8. The van der Waals surface area contributed by atoms with Gasteiger partial charge in [0, 0.05) is 127 Å². The molecular weight excluding hydrogens is 1300 g/mol. The molecule has 5 aliphatic heterocycles. The van der Waals surface area contributed by atoms with E-state index in [-0.39, 0.29) is 32.4 Å². The van der Waals surface area contributed by atoms with Crippen LogP contribution in [-0.4, -0.2) is 159 Å². The molecule has 5 aromatic heterocycles. The zero-order valence-electron chi connectivity index (χ0n) is 60.7. The Bertz CT molecular complexity index is 3780. The summed E-state index contributed by atoms with van der Waals surface area (Å²) in [5.74, 6) is 1.42. The summed E-state index contributed by atoms with van der Waals surface area (Å²) >= 11 is 0. The Balaban J connectivity index is 0.000000157. The molecule has 5 saturated heterocycles. The monoisotopic (exact) mass is 1400 g/mol. The van der Waals surface area contributed by atoms with Crippen molar-refractivity contribution in [3.8, 4) is 62.4 Å². The van der Waals surface area contributed by atoms with Crippen LogP contribution in [0.15, 0.2) is 115 Å². The number of halogens is 2. The minimum Gasteiger partial charge on any atom is -0.475 e. The predicted octanol–water partition coefficient (Wildman–Crippen LogP) is 14.9. The number of hydrogen-bond acceptors (Lipinski definition) is 16. The number of nitrogens with zero attached hydrogens (tertiary/aromatic N) is 5. The molecule has 13 rings (SSSR count). The summed E-state index contributed by atoms with van der Waals surface area (Å²) in [6, 6.07) is 39.2. The van der Waals surface area contributed by atoms with Gasteiger partial charge in [0.25, 0.3) is 0 Å². The van der Waals surface area contributed by atoms with Gasteiger partial charge in [-0.05, 0) is 254 Å². The Morgan fingerprint density at radius 1 is 0.431 bits per heavy atom. The number of nitrogens with two attached hydrogens (primary N) is 1. The van der Waals surface area contributed by atoms with Crippen LogP contribution in [0.5, 0.6) is 17.6 Å². The molecule has 0 saturated carbocycles. The second kappa shape index (κ2) is 35.7. The fourth-order valence-electron chi connectivity index (χ4n) is 14.4. The van der Waals surface area contributed by atoms with Gasteiger partial charge in [0.05, 0.1) is 43.5 Å². The highest BCUT2D eigenvalue weighted by Gasteiger charge is 2.40. The van der Waals surface area contributed by atoms with Crippen molar-refractivity contribution < 1.29 is 66.4 Å². The molecule has 0 spiro atoms. The van der Waals surface area contributed by atoms with Crippen molar-refractivity contribution in [1.29, 1.82) is 0 Å². The number of aliphatic hydroxyl groups is 2. The van der Waals surface area contributed by atoms with Crippen LogP contribution < -0.4 is 19.9 Å². The summed E-state index contributed by atoms with van der Waals surface area (Å²) in [7, 11) is 0. The summed E-state index contributed by atoms with van der Waals surface area (Å²) in [5, 5.41) is 19.6. The lowest BCUT2D eigenvalue weighted by Gasteiger charge is -2.35. The molecule has 18 nitrogen and oxygen atoms in total. The number of pyridine rings is 3. The van der Waals surface area contributed by atoms with Gasteiger partial charge in [-0.3, -0.25) is 8.78 Å². The first-order valence-corrected chi connectivity index (χ1v) is 36.4. The minimum absolute atomic E-state index is 0.0230. The van der Waals surface area contributed by atoms with E-state index in [2.05, 4.69) is 122 Å². The van der Waals surface area contributed by atoms with Gasteiger partial charge in [0.15, 0.2) is 12.6 Å². The number of rotatable bonds is 24. The van der Waals surface area contributed by atoms with E-state index in [1.165, 1.54) is 28.3 Å². The molecule has 10 heterocycles. The third kappa shape index (κ3) is 18.5. The Hall–Kier alpha value is -7.63. The Morgan fingerprint density at radius 2 is 0.794 bits per heavy atom. The summed E-state index contributed by atoms with van der Waals surface area (Å²) in [6.07, 6.45) is 9.76. The lowest BCUT2D eigenvalue weighted by molar-refractivity contribution is -0.165. The number of nitrogen functional groups attached to an aromatic ring is 1. The van der Waals surface area contributed by atoms with Crippen LogP contribution in [0, 0.1) is 48.5 Å². The van der Waals surface area contributed by atoms with Crippen LogP contribution in [-0.2, 0) is 49.4 Å². The molecule has 3 aromatic carbocycles. The van der Waals surface area contributed by atoms with E-state index in [4.69, 9.17) is 68.2 Å². The van der Waals surface area contributed by atoms with Gasteiger partial charge in [0.2, 0.25) is 17.6 Å². The first-order chi connectivity index (χ1) is 49.5. The standard InChI is InChI=1S/C31H39FN2O4.C31H40N2O5.C20H25FN2O3/c1-22-7-10-26(34-23(2)8-9-24(34)3)20-27(22)25-18-28(31(21-32)11-14-35-15-12-31)33-29(19-25)36-16-17-38-30-6-4-5-13-37-30;1-22-7-10-26(33-23(2)8-9-24(33)3)20-27(22)25-18-28(31(21-34)11-14-35-15-12-31)32-29(19-25)36-16-17-38-30-6-4-5-13-37-30;1-14-2-3-16(22)12-17(14)15-10-18(23-19(11-15)26-9-6-24)20(13-21)4-7-25-8-5-20/h7-10,18-20,30H,4-6,11-17,21H2,1-3H3;7-10,18-20,30,34H,4-6,11-17,21H2,1-3H3;2-3,10-12,24H,4-9,13,22H2,1H3. The van der Waals surface area contributed by atoms with Crippen molar-refractivity contribution >= 4 is 5.69 Å². The first kappa shape index (κ1) is 75.5. The van der Waals surface area contributed by atoms with Crippen LogP contribution in [0.2, 0.25) is 0 Å². The number of ether oxygens (including phenoxy) is 10. The molecule has 5 aliphatic rings. The van der Waals surface area contributed by atoms with Crippen LogP contribution in [0.3, 0.4) is 0 Å². The highest BCUT2D eigenvalue weighted by molar-refractivity contribution is 5.74. The third-order valence-electron chi connectivity index (χ3n) is 20.8. The number of aliphatic hydroxyl groups excluding tert-OH is 2. The molecule has 0 aliphatic carbocycles. The van der Waals surface area contributed by atoms with E-state index in [0.717, 1.165) is 132 Å². The van der Waals surface area contributed by atoms with E-state index in [0.29, 0.717) is 121 Å². The predicted molar refractivity (Wildman–Crippen MR) is 392 cm³/mol. The fourth-order valence-corrected chi connectivity index (χ4v) is 14.4. The molecule has 8 aromatic rings. The molecule has 5 fully saturated rings. The number of benzene rings is 3. The molecule has 102 heavy (non-hydrogen) atoms. The van der Waals surface area contributed by atoms with E-state index in [1.54, 1.807) is 0 Å². The topological polar surface area (TPSA) is 207 Å². The van der Waals surface area contributed by atoms with Crippen molar-refractivity contribution in [2.24, 2.45) is 0 Å². The van der Waals surface area contributed by atoms with E-state index in [1.807, 2.05) is 55.5 Å². The lowest BCUT2D eigenvalue weighted by atomic mass is 9.77. The van der Waals surface area contributed by atoms with Gasteiger partial charge < -0.3 is 72.4 Å². The molecule has 20 heteroatoms. The van der Waals surface area contributed by atoms with Crippen molar-refractivity contribution in [2.75, 3.05) is 118 Å². The van der Waals surface area contributed by atoms with Crippen molar-refractivity contribution in [3.05, 3.63) is 172 Å². The van der Waals surface area contributed by atoms with Crippen LogP contribution in [0.4, 0.5) is 14.5 Å². The molecule has 2 unspecified atom stereocenters. The number of aromatic nitrogens is 5. The second-order valence-electron chi connectivity index (χ2n) is 27.9. The quantitative estimate of drug-likeness (QED) is 0.0380. The van der Waals surface area contributed by atoms with Crippen molar-refractivity contribution in [2.45, 2.75) is 154 Å². The molecular formula is C82H104F2N6O12. The summed E-state index contributed by atoms with van der Waals surface area (Å²) in [4.78, 5) is 14.3. The fraction of sp³-hybridized carbons (Fsp3) is 0.500. The Morgan fingerprint density at radius 3 is 1.16 bits per heavy atom. The maximum atomic E-state index is 14.6. The maximum absolute atomic E-state index is 14.6. The van der Waals surface area contributed by atoms with Crippen LogP contribution in [0.1, 0.15) is 134 Å². The lowest BCUT2D eigenvalue weighted by Crippen LogP contribution is -2.38. The Kier molecular flexibility index (Phi) is 26.4. The normalized spacial score (nSPS) is 18.7. The zero-order chi connectivity index (χ0) is 71.6.